The highest BCUT2D eigenvalue weighted by molar-refractivity contribution is 6.51. The SMILES string of the molecule is Cc1ccc(C)c(NC(=O)C23CCC(C)(C(=NNc4ccccc4)C2=O)C3(C)C)c1. The van der Waals surface area contributed by atoms with E-state index in [2.05, 4.69) is 22.8 Å². The molecular formula is C25H29N3O2. The van der Waals surface area contributed by atoms with Crippen LogP contribution in [0, 0.1) is 30.1 Å². The van der Waals surface area contributed by atoms with Crippen molar-refractivity contribution in [1.29, 1.82) is 0 Å². The second-order valence-corrected chi connectivity index (χ2v) is 9.40. The first-order valence-corrected chi connectivity index (χ1v) is 10.5. The zero-order valence-electron chi connectivity index (χ0n) is 18.3. The first kappa shape index (κ1) is 20.3. The standard InChI is InChI=1S/C25H29N3O2/c1-16-11-12-17(2)19(15-16)26-22(30)25-14-13-24(5,23(25,3)4)20(21(25)29)28-27-18-9-7-6-8-10-18/h6-12,15,27H,13-14H2,1-5H3,(H,26,30). The van der Waals surface area contributed by atoms with Crippen LogP contribution in [0.3, 0.4) is 0 Å². The van der Waals surface area contributed by atoms with Gasteiger partial charge in [0.2, 0.25) is 5.91 Å². The van der Waals surface area contributed by atoms with Crippen LogP contribution in [0.2, 0.25) is 0 Å². The summed E-state index contributed by atoms with van der Waals surface area (Å²) in [5.41, 5.74) is 4.99. The Kier molecular flexibility index (Phi) is 4.60. The number of hydrazone groups is 1. The number of hydrogen-bond acceptors (Lipinski definition) is 4. The van der Waals surface area contributed by atoms with E-state index >= 15 is 0 Å². The zero-order valence-corrected chi connectivity index (χ0v) is 18.3. The van der Waals surface area contributed by atoms with E-state index in [0.717, 1.165) is 28.9 Å². The van der Waals surface area contributed by atoms with Crippen molar-refractivity contribution < 1.29 is 9.59 Å². The van der Waals surface area contributed by atoms with Crippen LogP contribution in [-0.2, 0) is 9.59 Å². The fourth-order valence-corrected chi connectivity index (χ4v) is 5.21. The summed E-state index contributed by atoms with van der Waals surface area (Å²) in [6, 6.07) is 15.5. The number of ketones is 1. The van der Waals surface area contributed by atoms with Crippen molar-refractivity contribution >= 4 is 28.8 Å². The lowest BCUT2D eigenvalue weighted by Gasteiger charge is -2.37. The molecular weight excluding hydrogens is 374 g/mol. The van der Waals surface area contributed by atoms with Gasteiger partial charge in [0.05, 0.1) is 5.69 Å². The molecule has 0 aromatic heterocycles. The van der Waals surface area contributed by atoms with Crippen molar-refractivity contribution in [3.63, 3.8) is 0 Å². The highest BCUT2D eigenvalue weighted by Crippen LogP contribution is 2.69. The van der Waals surface area contributed by atoms with Gasteiger partial charge in [-0.15, -0.1) is 0 Å². The predicted molar refractivity (Wildman–Crippen MR) is 121 cm³/mol. The van der Waals surface area contributed by atoms with Gasteiger partial charge in [-0.2, -0.15) is 5.10 Å². The number of carbonyl (C=O) groups excluding carboxylic acids is 2. The Bertz CT molecular complexity index is 1060. The van der Waals surface area contributed by atoms with Gasteiger partial charge in [-0.05, 0) is 61.4 Å². The van der Waals surface area contributed by atoms with E-state index in [-0.39, 0.29) is 11.7 Å². The average Bonchev–Trinajstić information content (AvgIpc) is 2.99. The van der Waals surface area contributed by atoms with Crippen molar-refractivity contribution in [3.8, 4) is 0 Å². The summed E-state index contributed by atoms with van der Waals surface area (Å²) in [5.74, 6) is -0.382. The number of aryl methyl sites for hydroxylation is 2. The Morgan fingerprint density at radius 3 is 2.40 bits per heavy atom. The summed E-state index contributed by atoms with van der Waals surface area (Å²) in [5, 5.41) is 7.60. The molecule has 0 aliphatic heterocycles. The molecule has 5 nitrogen and oxygen atoms in total. The Hall–Kier alpha value is -2.95. The van der Waals surface area contributed by atoms with Crippen LogP contribution in [0.25, 0.3) is 0 Å². The smallest absolute Gasteiger partial charge is 0.239 e. The first-order valence-electron chi connectivity index (χ1n) is 10.5. The van der Waals surface area contributed by atoms with Crippen LogP contribution >= 0.6 is 0 Å². The van der Waals surface area contributed by atoms with Gasteiger partial charge < -0.3 is 5.32 Å². The molecule has 5 heteroatoms. The number of rotatable bonds is 4. The summed E-state index contributed by atoms with van der Waals surface area (Å²) in [4.78, 5) is 27.3. The molecule has 1 amide bonds. The fourth-order valence-electron chi connectivity index (χ4n) is 5.21. The molecule has 4 rings (SSSR count). The molecule has 2 bridgehead atoms. The number of benzene rings is 2. The number of para-hydroxylation sites is 1. The van der Waals surface area contributed by atoms with Crippen LogP contribution in [0.1, 0.15) is 44.7 Å². The number of nitrogens with zero attached hydrogens (tertiary/aromatic N) is 1. The van der Waals surface area contributed by atoms with Crippen molar-refractivity contribution in [2.75, 3.05) is 10.7 Å². The Balaban J connectivity index is 1.71. The van der Waals surface area contributed by atoms with Gasteiger partial charge >= 0.3 is 0 Å². The summed E-state index contributed by atoms with van der Waals surface area (Å²) in [6.45, 7) is 10.1. The van der Waals surface area contributed by atoms with Crippen molar-refractivity contribution in [1.82, 2.24) is 0 Å². The number of fused-ring (bicyclic) bond motifs is 2. The van der Waals surface area contributed by atoms with E-state index in [1.807, 2.05) is 76.2 Å². The largest absolute Gasteiger partial charge is 0.325 e. The molecule has 2 fully saturated rings. The maximum atomic E-state index is 13.7. The third kappa shape index (κ3) is 2.64. The third-order valence-electron chi connectivity index (χ3n) is 7.67. The molecule has 2 aromatic rings. The maximum Gasteiger partial charge on any atom is 0.239 e. The van der Waals surface area contributed by atoms with Crippen molar-refractivity contribution in [2.24, 2.45) is 21.3 Å². The molecule has 0 spiro atoms. The predicted octanol–water partition coefficient (Wildman–Crippen LogP) is 5.11. The average molecular weight is 404 g/mol. The number of nitrogens with one attached hydrogen (secondary N) is 2. The van der Waals surface area contributed by atoms with Gasteiger partial charge in [0.15, 0.2) is 5.78 Å². The molecule has 0 heterocycles. The molecule has 0 saturated heterocycles. The normalized spacial score (nSPS) is 28.0. The van der Waals surface area contributed by atoms with Crippen LogP contribution in [0.15, 0.2) is 53.6 Å². The quantitative estimate of drug-likeness (QED) is 0.551. The van der Waals surface area contributed by atoms with E-state index in [0.29, 0.717) is 12.1 Å². The van der Waals surface area contributed by atoms with E-state index < -0.39 is 16.2 Å². The molecule has 30 heavy (non-hydrogen) atoms. The molecule has 2 unspecified atom stereocenters. The molecule has 2 aliphatic carbocycles. The Morgan fingerprint density at radius 1 is 1.00 bits per heavy atom. The fraction of sp³-hybridized carbons (Fsp3) is 0.400. The monoisotopic (exact) mass is 403 g/mol. The van der Waals surface area contributed by atoms with E-state index in [1.165, 1.54) is 0 Å². The summed E-state index contributed by atoms with van der Waals surface area (Å²) in [7, 11) is 0. The summed E-state index contributed by atoms with van der Waals surface area (Å²) < 4.78 is 0. The van der Waals surface area contributed by atoms with Crippen LogP contribution in [0.5, 0.6) is 0 Å². The number of amides is 1. The minimum absolute atomic E-state index is 0.160. The molecule has 2 atom stereocenters. The van der Waals surface area contributed by atoms with Crippen LogP contribution in [-0.4, -0.2) is 17.4 Å². The molecule has 2 saturated carbocycles. The number of hydrogen-bond donors (Lipinski definition) is 2. The Labute approximate surface area is 178 Å². The molecule has 2 N–H and O–H groups in total. The summed E-state index contributed by atoms with van der Waals surface area (Å²) in [6.07, 6.45) is 1.29. The lowest BCUT2D eigenvalue weighted by molar-refractivity contribution is -0.140. The van der Waals surface area contributed by atoms with Gasteiger partial charge in [0.1, 0.15) is 11.1 Å². The van der Waals surface area contributed by atoms with Gasteiger partial charge in [0.25, 0.3) is 0 Å². The second-order valence-electron chi connectivity index (χ2n) is 9.40. The highest BCUT2D eigenvalue weighted by atomic mass is 16.2. The van der Waals surface area contributed by atoms with Crippen molar-refractivity contribution in [2.45, 2.75) is 47.5 Å². The van der Waals surface area contributed by atoms with Gasteiger partial charge in [-0.3, -0.25) is 15.0 Å². The van der Waals surface area contributed by atoms with Gasteiger partial charge in [-0.25, -0.2) is 0 Å². The number of anilines is 2. The lowest BCUT2D eigenvalue weighted by atomic mass is 9.64. The molecule has 0 radical (unpaired) electrons. The minimum Gasteiger partial charge on any atom is -0.325 e. The van der Waals surface area contributed by atoms with E-state index in [9.17, 15) is 9.59 Å². The van der Waals surface area contributed by atoms with Gasteiger partial charge in [0, 0.05) is 11.1 Å². The highest BCUT2D eigenvalue weighted by Gasteiger charge is 2.76. The van der Waals surface area contributed by atoms with Gasteiger partial charge in [-0.1, -0.05) is 51.1 Å². The summed E-state index contributed by atoms with van der Waals surface area (Å²) >= 11 is 0. The lowest BCUT2D eigenvalue weighted by Crippen LogP contribution is -2.47. The molecule has 156 valence electrons. The zero-order chi connectivity index (χ0) is 21.7. The Morgan fingerprint density at radius 2 is 1.70 bits per heavy atom. The van der Waals surface area contributed by atoms with Crippen LogP contribution < -0.4 is 10.7 Å². The third-order valence-corrected chi connectivity index (χ3v) is 7.67. The van der Waals surface area contributed by atoms with Crippen LogP contribution in [0.4, 0.5) is 11.4 Å². The molecule has 2 aliphatic rings. The topological polar surface area (TPSA) is 70.6 Å². The molecule has 2 aromatic carbocycles. The van der Waals surface area contributed by atoms with Crippen molar-refractivity contribution in [3.05, 3.63) is 59.7 Å². The minimum atomic E-state index is -1.12. The van der Waals surface area contributed by atoms with E-state index in [4.69, 9.17) is 0 Å². The maximum absolute atomic E-state index is 13.7. The second kappa shape index (κ2) is 6.79. The number of Topliss-reactive ketones (excluding diaryl/α,β-unsaturated/α-hetero) is 1. The number of carbonyl (C=O) groups is 2. The first-order chi connectivity index (χ1) is 14.1. The van der Waals surface area contributed by atoms with E-state index in [1.54, 1.807) is 0 Å².